The van der Waals surface area contributed by atoms with E-state index in [0.717, 1.165) is 34.0 Å². The molecular weight excluding hydrogens is 613 g/mol. The number of nitrogens with one attached hydrogen (secondary N) is 2. The summed E-state index contributed by atoms with van der Waals surface area (Å²) in [6, 6.07) is 18.7. The first-order chi connectivity index (χ1) is 21.8. The number of aryl methyl sites for hydroxylation is 1. The number of nitrogens with zero attached hydrogens (tertiary/aromatic N) is 2. The molecule has 0 spiro atoms. The first-order valence-electron chi connectivity index (χ1n) is 15.0. The van der Waals surface area contributed by atoms with Gasteiger partial charge in [0.1, 0.15) is 5.01 Å². The van der Waals surface area contributed by atoms with Gasteiger partial charge in [0, 0.05) is 42.3 Å². The average Bonchev–Trinajstić information content (AvgIpc) is 3.44. The summed E-state index contributed by atoms with van der Waals surface area (Å²) in [5.41, 5.74) is 2.92. The van der Waals surface area contributed by atoms with Gasteiger partial charge in [-0.05, 0) is 60.2 Å². The minimum absolute atomic E-state index is 0.0187. The number of hydrogen-bond acceptors (Lipinski definition) is 6. The van der Waals surface area contributed by atoms with Crippen LogP contribution >= 0.6 is 11.3 Å². The number of aliphatic hydroxyl groups is 1. The second-order valence-electron chi connectivity index (χ2n) is 11.7. The maximum Gasteiger partial charge on any atom is 0.416 e. The summed E-state index contributed by atoms with van der Waals surface area (Å²) in [4.78, 5) is 33.2. The van der Waals surface area contributed by atoms with E-state index in [9.17, 15) is 27.9 Å². The third-order valence-corrected chi connectivity index (χ3v) is 8.48. The van der Waals surface area contributed by atoms with Gasteiger partial charge in [0.2, 0.25) is 0 Å². The predicted molar refractivity (Wildman–Crippen MR) is 174 cm³/mol. The fraction of sp³-hybridized carbons (Fsp3) is 0.343. The van der Waals surface area contributed by atoms with Gasteiger partial charge in [-0.1, -0.05) is 62.4 Å². The highest BCUT2D eigenvalue weighted by molar-refractivity contribution is 7.09. The van der Waals surface area contributed by atoms with E-state index in [2.05, 4.69) is 15.6 Å². The van der Waals surface area contributed by atoms with E-state index in [-0.39, 0.29) is 30.5 Å². The van der Waals surface area contributed by atoms with Gasteiger partial charge in [-0.25, -0.2) is 4.98 Å². The van der Waals surface area contributed by atoms with E-state index in [1.54, 1.807) is 36.2 Å². The number of amides is 2. The molecule has 3 aromatic carbocycles. The molecule has 3 N–H and O–H groups in total. The molecule has 244 valence electrons. The molecule has 0 saturated heterocycles. The highest BCUT2D eigenvalue weighted by Crippen LogP contribution is 2.29. The zero-order valence-corrected chi connectivity index (χ0v) is 27.1. The molecule has 11 heteroatoms. The molecule has 0 bridgehead atoms. The molecule has 2 amide bonds. The Bertz CT molecular complexity index is 1620. The molecule has 0 aliphatic carbocycles. The number of aliphatic hydroxyl groups excluding tert-OH is 1. The number of carbonyl (C=O) groups is 2. The first-order valence-corrected chi connectivity index (χ1v) is 15.9. The molecule has 0 fully saturated rings. The Morgan fingerprint density at radius 1 is 0.978 bits per heavy atom. The van der Waals surface area contributed by atoms with Crippen LogP contribution < -0.4 is 10.6 Å². The van der Waals surface area contributed by atoms with Crippen LogP contribution in [-0.4, -0.2) is 52.5 Å². The Morgan fingerprint density at radius 2 is 1.67 bits per heavy atom. The topological polar surface area (TPSA) is 94.6 Å². The Morgan fingerprint density at radius 3 is 2.33 bits per heavy atom. The van der Waals surface area contributed by atoms with Gasteiger partial charge in [0.15, 0.2) is 0 Å². The second-order valence-corrected chi connectivity index (χ2v) is 12.7. The van der Waals surface area contributed by atoms with Gasteiger partial charge < -0.3 is 20.6 Å². The summed E-state index contributed by atoms with van der Waals surface area (Å²) in [6.45, 7) is 6.31. The maximum atomic E-state index is 13.7. The molecule has 2 atom stereocenters. The number of alkyl halides is 3. The number of halogens is 3. The molecule has 0 aliphatic rings. The van der Waals surface area contributed by atoms with Gasteiger partial charge in [0.25, 0.3) is 11.8 Å². The lowest BCUT2D eigenvalue weighted by Crippen LogP contribution is -2.48. The Kier molecular flexibility index (Phi) is 11.7. The average molecular weight is 653 g/mol. The van der Waals surface area contributed by atoms with Crippen molar-refractivity contribution in [2.45, 2.75) is 64.5 Å². The Hall–Kier alpha value is -4.06. The first kappa shape index (κ1) is 34.8. The number of hydrogen-bond donors (Lipinski definition) is 3. The van der Waals surface area contributed by atoms with E-state index in [1.807, 2.05) is 56.5 Å². The van der Waals surface area contributed by atoms with Crippen molar-refractivity contribution in [3.8, 4) is 0 Å². The molecule has 1 aromatic heterocycles. The van der Waals surface area contributed by atoms with Gasteiger partial charge in [-0.2, -0.15) is 13.2 Å². The molecule has 0 radical (unpaired) electrons. The van der Waals surface area contributed by atoms with Crippen molar-refractivity contribution in [1.29, 1.82) is 0 Å². The third-order valence-electron chi connectivity index (χ3n) is 7.53. The van der Waals surface area contributed by atoms with Crippen molar-refractivity contribution >= 4 is 23.2 Å². The number of benzene rings is 3. The summed E-state index contributed by atoms with van der Waals surface area (Å²) < 4.78 is 39.4. The predicted octanol–water partition coefficient (Wildman–Crippen LogP) is 6.36. The van der Waals surface area contributed by atoms with Crippen LogP contribution in [0, 0.1) is 6.92 Å². The third kappa shape index (κ3) is 9.72. The normalized spacial score (nSPS) is 13.0. The smallest absolute Gasteiger partial charge is 0.390 e. The van der Waals surface area contributed by atoms with Crippen LogP contribution in [0.5, 0.6) is 0 Å². The zero-order valence-electron chi connectivity index (χ0n) is 26.3. The SMILES string of the molecule is Cc1csc(CN(C)C(=O)c2cc(C(=O)N[C@@H](Cc3ccccc3)[C@H](O)CNCc3cccc(C(F)(F)F)c3)cc(C(C)C)c2)n1. The molecule has 0 saturated carbocycles. The van der Waals surface area contributed by atoms with Crippen molar-refractivity contribution in [1.82, 2.24) is 20.5 Å². The molecule has 0 unspecified atom stereocenters. The molecule has 4 rings (SSSR count). The van der Waals surface area contributed by atoms with Crippen LogP contribution in [0.15, 0.2) is 78.2 Å². The Balaban J connectivity index is 1.51. The van der Waals surface area contributed by atoms with Crippen molar-refractivity contribution < 1.29 is 27.9 Å². The molecule has 4 aromatic rings. The highest BCUT2D eigenvalue weighted by Gasteiger charge is 2.30. The fourth-order valence-electron chi connectivity index (χ4n) is 4.98. The fourth-order valence-corrected chi connectivity index (χ4v) is 5.80. The Labute approximate surface area is 271 Å². The van der Waals surface area contributed by atoms with E-state index in [4.69, 9.17) is 0 Å². The summed E-state index contributed by atoms with van der Waals surface area (Å²) in [6.07, 6.45) is -5.21. The monoisotopic (exact) mass is 652 g/mol. The lowest BCUT2D eigenvalue weighted by molar-refractivity contribution is -0.137. The quantitative estimate of drug-likeness (QED) is 0.156. The number of rotatable bonds is 13. The van der Waals surface area contributed by atoms with Crippen LogP contribution in [0.1, 0.15) is 73.4 Å². The molecule has 7 nitrogen and oxygen atoms in total. The van der Waals surface area contributed by atoms with Crippen molar-refractivity contribution in [3.05, 3.63) is 122 Å². The lowest BCUT2D eigenvalue weighted by Gasteiger charge is -2.25. The number of thiazole rings is 1. The van der Waals surface area contributed by atoms with Gasteiger partial charge >= 0.3 is 6.18 Å². The van der Waals surface area contributed by atoms with Crippen LogP contribution in [0.4, 0.5) is 13.2 Å². The van der Waals surface area contributed by atoms with Crippen molar-refractivity contribution in [3.63, 3.8) is 0 Å². The van der Waals surface area contributed by atoms with Crippen LogP contribution in [-0.2, 0) is 25.7 Å². The van der Waals surface area contributed by atoms with Crippen LogP contribution in [0.25, 0.3) is 0 Å². The van der Waals surface area contributed by atoms with Gasteiger partial charge in [-0.3, -0.25) is 9.59 Å². The summed E-state index contributed by atoms with van der Waals surface area (Å²) in [7, 11) is 1.69. The van der Waals surface area contributed by atoms with E-state index in [0.29, 0.717) is 24.1 Å². The summed E-state index contributed by atoms with van der Waals surface area (Å²) in [5.74, 6) is -0.659. The van der Waals surface area contributed by atoms with Gasteiger partial charge in [0.05, 0.1) is 24.3 Å². The molecular formula is C35H39F3N4O3S. The standard InChI is InChI=1S/C35H39F3N4O3S/c1-22(2)26-15-27(17-28(16-26)34(45)42(4)20-32-40-23(3)21-46-32)33(44)41-30(14-24-9-6-5-7-10-24)31(43)19-39-18-25-11-8-12-29(13-25)35(36,37)38/h5-13,15-17,21-22,30-31,39,43H,14,18-20H2,1-4H3,(H,41,44)/t30-,31+/m0/s1. The second kappa shape index (κ2) is 15.5. The highest BCUT2D eigenvalue weighted by atomic mass is 32.1. The van der Waals surface area contributed by atoms with E-state index < -0.39 is 29.8 Å². The zero-order chi connectivity index (χ0) is 33.4. The van der Waals surface area contributed by atoms with E-state index >= 15 is 0 Å². The van der Waals surface area contributed by atoms with Crippen molar-refractivity contribution in [2.75, 3.05) is 13.6 Å². The van der Waals surface area contributed by atoms with Crippen LogP contribution in [0.2, 0.25) is 0 Å². The maximum absolute atomic E-state index is 13.7. The van der Waals surface area contributed by atoms with Crippen LogP contribution in [0.3, 0.4) is 0 Å². The molecule has 46 heavy (non-hydrogen) atoms. The molecule has 1 heterocycles. The number of aromatic nitrogens is 1. The van der Waals surface area contributed by atoms with E-state index in [1.165, 1.54) is 17.4 Å². The molecule has 0 aliphatic heterocycles. The minimum atomic E-state index is -4.45. The van der Waals surface area contributed by atoms with Gasteiger partial charge in [-0.15, -0.1) is 11.3 Å². The summed E-state index contributed by atoms with van der Waals surface area (Å²) in [5, 5.41) is 19.9. The largest absolute Gasteiger partial charge is 0.416 e. The lowest BCUT2D eigenvalue weighted by atomic mass is 9.96. The van der Waals surface area contributed by atoms with Crippen molar-refractivity contribution in [2.24, 2.45) is 0 Å². The minimum Gasteiger partial charge on any atom is -0.390 e. The summed E-state index contributed by atoms with van der Waals surface area (Å²) >= 11 is 1.48. The number of carbonyl (C=O) groups excluding carboxylic acids is 2.